The normalized spacial score (nSPS) is 18.3. The topological polar surface area (TPSA) is 60.9 Å². The zero-order chi connectivity index (χ0) is 22.7. The minimum Gasteiger partial charge on any atom is -0.507 e. The van der Waals surface area contributed by atoms with Crippen LogP contribution in [0.3, 0.4) is 0 Å². The van der Waals surface area contributed by atoms with Gasteiger partial charge in [0, 0.05) is 16.6 Å². The van der Waals surface area contributed by atoms with E-state index >= 15 is 0 Å². The molecule has 0 spiro atoms. The highest BCUT2D eigenvalue weighted by molar-refractivity contribution is 9.10. The Morgan fingerprint density at radius 2 is 1.81 bits per heavy atom. The van der Waals surface area contributed by atoms with Crippen molar-refractivity contribution in [1.82, 2.24) is 9.80 Å². The Labute approximate surface area is 192 Å². The molecule has 1 N–H and O–H groups in total. The van der Waals surface area contributed by atoms with Gasteiger partial charge >= 0.3 is 0 Å². The van der Waals surface area contributed by atoms with Crippen LogP contribution in [-0.4, -0.2) is 53.8 Å². The van der Waals surface area contributed by atoms with Crippen LogP contribution in [0.2, 0.25) is 0 Å². The van der Waals surface area contributed by atoms with Gasteiger partial charge in [0.15, 0.2) is 0 Å². The molecule has 1 aliphatic heterocycles. The molecule has 1 heterocycles. The SMILES string of the molecule is CCc1ccc(C2/C(=C(/O)c3ccc(Br)c(C)c3)C(=O)C(=O)N2CCCN(C)C)cc1. The van der Waals surface area contributed by atoms with Crippen LogP contribution in [-0.2, 0) is 16.0 Å². The average molecular weight is 485 g/mol. The molecule has 1 unspecified atom stereocenters. The third kappa shape index (κ3) is 4.91. The fourth-order valence-corrected chi connectivity index (χ4v) is 4.14. The quantitative estimate of drug-likeness (QED) is 0.351. The summed E-state index contributed by atoms with van der Waals surface area (Å²) in [6.07, 6.45) is 1.64. The van der Waals surface area contributed by atoms with Crippen molar-refractivity contribution >= 4 is 33.4 Å². The third-order valence-electron chi connectivity index (χ3n) is 5.68. The van der Waals surface area contributed by atoms with Crippen LogP contribution >= 0.6 is 15.9 Å². The third-order valence-corrected chi connectivity index (χ3v) is 6.57. The summed E-state index contributed by atoms with van der Waals surface area (Å²) in [5, 5.41) is 11.1. The van der Waals surface area contributed by atoms with Crippen LogP contribution in [0.15, 0.2) is 52.5 Å². The molecule has 0 bridgehead atoms. The summed E-state index contributed by atoms with van der Waals surface area (Å²) in [6, 6.07) is 12.7. The van der Waals surface area contributed by atoms with Gasteiger partial charge in [-0.2, -0.15) is 0 Å². The molecule has 1 aliphatic rings. The molecule has 1 atom stereocenters. The van der Waals surface area contributed by atoms with Gasteiger partial charge < -0.3 is 14.9 Å². The van der Waals surface area contributed by atoms with E-state index in [9.17, 15) is 14.7 Å². The lowest BCUT2D eigenvalue weighted by atomic mass is 9.94. The highest BCUT2D eigenvalue weighted by Crippen LogP contribution is 2.39. The molecule has 31 heavy (non-hydrogen) atoms. The molecule has 164 valence electrons. The van der Waals surface area contributed by atoms with E-state index in [0.29, 0.717) is 12.1 Å². The molecule has 3 rings (SSSR count). The summed E-state index contributed by atoms with van der Waals surface area (Å²) in [6.45, 7) is 5.25. The van der Waals surface area contributed by atoms with Crippen molar-refractivity contribution in [2.24, 2.45) is 0 Å². The predicted octanol–water partition coefficient (Wildman–Crippen LogP) is 4.69. The number of hydrogen-bond acceptors (Lipinski definition) is 4. The first kappa shape index (κ1) is 23.2. The second-order valence-corrected chi connectivity index (χ2v) is 9.06. The zero-order valence-corrected chi connectivity index (χ0v) is 20.1. The summed E-state index contributed by atoms with van der Waals surface area (Å²) >= 11 is 3.46. The van der Waals surface area contributed by atoms with E-state index in [0.717, 1.165) is 35.0 Å². The van der Waals surface area contributed by atoms with E-state index in [1.54, 1.807) is 11.0 Å². The molecule has 1 fully saturated rings. The summed E-state index contributed by atoms with van der Waals surface area (Å²) in [7, 11) is 3.95. The number of Topliss-reactive ketones (excluding diaryl/α,β-unsaturated/α-hetero) is 1. The molecule has 0 aliphatic carbocycles. The Hall–Kier alpha value is -2.44. The number of nitrogens with zero attached hydrogens (tertiary/aromatic N) is 2. The number of ketones is 1. The van der Waals surface area contributed by atoms with E-state index in [4.69, 9.17) is 0 Å². The van der Waals surface area contributed by atoms with E-state index in [1.807, 2.05) is 62.3 Å². The summed E-state index contributed by atoms with van der Waals surface area (Å²) in [5.74, 6) is -1.32. The molecule has 0 aromatic heterocycles. The second-order valence-electron chi connectivity index (χ2n) is 8.21. The Kier molecular flexibility index (Phi) is 7.34. The van der Waals surface area contributed by atoms with Gasteiger partial charge in [0.25, 0.3) is 11.7 Å². The predicted molar refractivity (Wildman–Crippen MR) is 127 cm³/mol. The van der Waals surface area contributed by atoms with Gasteiger partial charge in [-0.15, -0.1) is 0 Å². The lowest BCUT2D eigenvalue weighted by Gasteiger charge is -2.26. The number of halogens is 1. The fraction of sp³-hybridized carbons (Fsp3) is 0.360. The number of aryl methyl sites for hydroxylation is 2. The molecule has 0 radical (unpaired) electrons. The van der Waals surface area contributed by atoms with Crippen LogP contribution in [0.4, 0.5) is 0 Å². The number of amides is 1. The van der Waals surface area contributed by atoms with Crippen molar-refractivity contribution in [3.63, 3.8) is 0 Å². The molecule has 5 nitrogen and oxygen atoms in total. The zero-order valence-electron chi connectivity index (χ0n) is 18.5. The number of aliphatic hydroxyl groups excluding tert-OH is 1. The fourth-order valence-electron chi connectivity index (χ4n) is 3.90. The van der Waals surface area contributed by atoms with Crippen LogP contribution in [0.5, 0.6) is 0 Å². The van der Waals surface area contributed by atoms with Gasteiger partial charge in [0.05, 0.1) is 11.6 Å². The Morgan fingerprint density at radius 1 is 1.13 bits per heavy atom. The van der Waals surface area contributed by atoms with Crippen LogP contribution in [0.1, 0.15) is 41.6 Å². The molecule has 2 aromatic rings. The lowest BCUT2D eigenvalue weighted by molar-refractivity contribution is -0.139. The van der Waals surface area contributed by atoms with Crippen molar-refractivity contribution in [3.05, 3.63) is 74.8 Å². The molecule has 1 saturated heterocycles. The van der Waals surface area contributed by atoms with E-state index in [2.05, 4.69) is 22.9 Å². The average Bonchev–Trinajstić information content (AvgIpc) is 3.00. The smallest absolute Gasteiger partial charge is 0.295 e. The highest BCUT2D eigenvalue weighted by atomic mass is 79.9. The highest BCUT2D eigenvalue weighted by Gasteiger charge is 2.45. The maximum absolute atomic E-state index is 13.1. The van der Waals surface area contributed by atoms with Crippen LogP contribution in [0.25, 0.3) is 5.76 Å². The summed E-state index contributed by atoms with van der Waals surface area (Å²) in [4.78, 5) is 29.7. The number of carbonyl (C=O) groups is 2. The molecular formula is C25H29BrN2O3. The van der Waals surface area contributed by atoms with Crippen molar-refractivity contribution in [3.8, 4) is 0 Å². The largest absolute Gasteiger partial charge is 0.507 e. The molecule has 2 aromatic carbocycles. The Bertz CT molecular complexity index is 1010. The van der Waals surface area contributed by atoms with Gasteiger partial charge in [-0.25, -0.2) is 0 Å². The first-order valence-corrected chi connectivity index (χ1v) is 11.3. The number of benzene rings is 2. The van der Waals surface area contributed by atoms with E-state index < -0.39 is 17.7 Å². The number of rotatable bonds is 7. The molecule has 0 saturated carbocycles. The van der Waals surface area contributed by atoms with Crippen molar-refractivity contribution in [1.29, 1.82) is 0 Å². The van der Waals surface area contributed by atoms with Crippen molar-refractivity contribution in [2.75, 3.05) is 27.2 Å². The minimum atomic E-state index is -0.632. The summed E-state index contributed by atoms with van der Waals surface area (Å²) in [5.41, 5.74) is 3.63. The molecule has 1 amide bonds. The number of likely N-dealkylation sites (tertiary alicyclic amines) is 1. The van der Waals surface area contributed by atoms with Gasteiger partial charge in [0.2, 0.25) is 0 Å². The van der Waals surface area contributed by atoms with Crippen molar-refractivity contribution < 1.29 is 14.7 Å². The van der Waals surface area contributed by atoms with Gasteiger partial charge in [-0.3, -0.25) is 9.59 Å². The standard InChI is InChI=1S/C25H29BrN2O3/c1-5-17-7-9-18(10-8-17)22-21(23(29)19-11-12-20(26)16(2)15-19)24(30)25(31)28(22)14-6-13-27(3)4/h7-12,15,22,29H,5-6,13-14H2,1-4H3/b23-21-. The lowest BCUT2D eigenvalue weighted by Crippen LogP contribution is -2.32. The molecular weight excluding hydrogens is 456 g/mol. The number of hydrogen-bond donors (Lipinski definition) is 1. The number of carbonyl (C=O) groups excluding carboxylic acids is 2. The monoisotopic (exact) mass is 484 g/mol. The Morgan fingerprint density at radius 3 is 2.39 bits per heavy atom. The van der Waals surface area contributed by atoms with Crippen LogP contribution in [0, 0.1) is 6.92 Å². The second kappa shape index (κ2) is 9.79. The Balaban J connectivity index is 2.10. The van der Waals surface area contributed by atoms with E-state index in [1.165, 1.54) is 5.56 Å². The molecule has 6 heteroatoms. The van der Waals surface area contributed by atoms with Gasteiger partial charge in [0.1, 0.15) is 5.76 Å². The maximum Gasteiger partial charge on any atom is 0.295 e. The first-order valence-electron chi connectivity index (χ1n) is 10.5. The first-order chi connectivity index (χ1) is 14.7. The van der Waals surface area contributed by atoms with Gasteiger partial charge in [-0.1, -0.05) is 53.2 Å². The number of aliphatic hydroxyl groups is 1. The van der Waals surface area contributed by atoms with E-state index in [-0.39, 0.29) is 11.3 Å². The summed E-state index contributed by atoms with van der Waals surface area (Å²) < 4.78 is 0.917. The van der Waals surface area contributed by atoms with Crippen molar-refractivity contribution in [2.45, 2.75) is 32.7 Å². The van der Waals surface area contributed by atoms with Crippen LogP contribution < -0.4 is 0 Å². The maximum atomic E-state index is 13.1. The minimum absolute atomic E-state index is 0.131. The van der Waals surface area contributed by atoms with Gasteiger partial charge in [-0.05, 0) is 69.2 Å².